The van der Waals surface area contributed by atoms with Crippen molar-refractivity contribution in [3.63, 3.8) is 0 Å². The van der Waals surface area contributed by atoms with Gasteiger partial charge in [0.05, 0.1) is 0 Å². The van der Waals surface area contributed by atoms with Crippen molar-refractivity contribution in [1.82, 2.24) is 0 Å². The quantitative estimate of drug-likeness (QED) is 0.869. The summed E-state index contributed by atoms with van der Waals surface area (Å²) in [5, 5.41) is 0.411. The molecule has 0 amide bonds. The first kappa shape index (κ1) is 15.0. The zero-order chi connectivity index (χ0) is 14.6. The van der Waals surface area contributed by atoms with Gasteiger partial charge in [0, 0.05) is 10.6 Å². The molecule has 1 atom stereocenters. The normalized spacial score (nSPS) is 14.0. The zero-order valence-electron chi connectivity index (χ0n) is 11.6. The highest BCUT2D eigenvalue weighted by Crippen LogP contribution is 2.23. The monoisotopic (exact) mass is 291 g/mol. The van der Waals surface area contributed by atoms with E-state index in [-0.39, 0.29) is 5.82 Å². The molecule has 0 bridgehead atoms. The highest BCUT2D eigenvalue weighted by atomic mass is 35.5. The fraction of sp³-hybridized carbons (Fsp3) is 0.294. The van der Waals surface area contributed by atoms with E-state index in [9.17, 15) is 4.39 Å². The van der Waals surface area contributed by atoms with Crippen LogP contribution in [0.2, 0.25) is 5.02 Å². The first-order valence-corrected chi connectivity index (χ1v) is 7.17. The summed E-state index contributed by atoms with van der Waals surface area (Å²) in [6.45, 7) is 2.04. The summed E-state index contributed by atoms with van der Waals surface area (Å²) in [4.78, 5) is 0. The van der Waals surface area contributed by atoms with E-state index in [0.717, 1.165) is 12.8 Å². The van der Waals surface area contributed by atoms with Crippen molar-refractivity contribution < 1.29 is 4.39 Å². The van der Waals surface area contributed by atoms with Crippen molar-refractivity contribution >= 4 is 11.6 Å². The van der Waals surface area contributed by atoms with E-state index in [1.54, 1.807) is 12.1 Å². The number of benzene rings is 2. The molecule has 3 heteroatoms. The van der Waals surface area contributed by atoms with Gasteiger partial charge in [-0.05, 0) is 42.5 Å². The van der Waals surface area contributed by atoms with Crippen LogP contribution in [-0.2, 0) is 12.8 Å². The van der Waals surface area contributed by atoms with Crippen LogP contribution in [0.3, 0.4) is 0 Å². The Kier molecular flexibility index (Phi) is 4.79. The Morgan fingerprint density at radius 2 is 1.80 bits per heavy atom. The third kappa shape index (κ3) is 3.81. The van der Waals surface area contributed by atoms with Gasteiger partial charge in [0.15, 0.2) is 0 Å². The lowest BCUT2D eigenvalue weighted by molar-refractivity contribution is 0.397. The predicted octanol–water partition coefficient (Wildman–Crippen LogP) is 4.37. The van der Waals surface area contributed by atoms with Gasteiger partial charge in [-0.2, -0.15) is 0 Å². The molecule has 1 nitrogen and oxygen atoms in total. The van der Waals surface area contributed by atoms with E-state index < -0.39 is 5.54 Å². The maximum absolute atomic E-state index is 13.9. The van der Waals surface area contributed by atoms with E-state index in [4.69, 9.17) is 17.3 Å². The highest BCUT2D eigenvalue weighted by molar-refractivity contribution is 6.30. The van der Waals surface area contributed by atoms with E-state index in [1.807, 2.05) is 25.1 Å². The maximum Gasteiger partial charge on any atom is 0.127 e. The summed E-state index contributed by atoms with van der Waals surface area (Å²) in [7, 11) is 0. The summed E-state index contributed by atoms with van der Waals surface area (Å²) >= 11 is 5.78. The molecule has 0 spiro atoms. The van der Waals surface area contributed by atoms with Crippen LogP contribution in [0.25, 0.3) is 0 Å². The van der Waals surface area contributed by atoms with Gasteiger partial charge < -0.3 is 5.73 Å². The molecule has 0 saturated carbocycles. The summed E-state index contributed by atoms with van der Waals surface area (Å²) in [5.41, 5.74) is 7.81. The van der Waals surface area contributed by atoms with Crippen LogP contribution >= 0.6 is 11.6 Å². The molecule has 0 heterocycles. The lowest BCUT2D eigenvalue weighted by Crippen LogP contribution is -2.43. The van der Waals surface area contributed by atoms with Crippen LogP contribution in [0, 0.1) is 5.82 Å². The standard InChI is InChI=1S/C17H19ClFN/c1-2-17(20,11-13-6-4-3-5-7-13)12-14-8-9-15(18)10-16(14)19/h3-10H,2,11-12,20H2,1H3. The van der Waals surface area contributed by atoms with Gasteiger partial charge in [-0.1, -0.05) is 54.9 Å². The summed E-state index contributed by atoms with van der Waals surface area (Å²) in [6, 6.07) is 14.8. The van der Waals surface area contributed by atoms with Crippen LogP contribution in [0.1, 0.15) is 24.5 Å². The first-order chi connectivity index (χ1) is 9.52. The topological polar surface area (TPSA) is 26.0 Å². The van der Waals surface area contributed by atoms with Crippen molar-refractivity contribution in [1.29, 1.82) is 0 Å². The van der Waals surface area contributed by atoms with Crippen molar-refractivity contribution in [3.8, 4) is 0 Å². The van der Waals surface area contributed by atoms with Gasteiger partial charge in [-0.15, -0.1) is 0 Å². The molecule has 1 unspecified atom stereocenters. The lowest BCUT2D eigenvalue weighted by Gasteiger charge is -2.29. The molecule has 2 aromatic rings. The average Bonchev–Trinajstić information content (AvgIpc) is 2.43. The van der Waals surface area contributed by atoms with Crippen molar-refractivity contribution in [2.75, 3.05) is 0 Å². The van der Waals surface area contributed by atoms with Gasteiger partial charge in [0.1, 0.15) is 5.82 Å². The van der Waals surface area contributed by atoms with E-state index >= 15 is 0 Å². The summed E-state index contributed by atoms with van der Waals surface area (Å²) in [6.07, 6.45) is 2.01. The SMILES string of the molecule is CCC(N)(Cc1ccccc1)Cc1ccc(Cl)cc1F. The van der Waals surface area contributed by atoms with Crippen LogP contribution < -0.4 is 5.73 Å². The van der Waals surface area contributed by atoms with Gasteiger partial charge in [0.2, 0.25) is 0 Å². The average molecular weight is 292 g/mol. The second kappa shape index (κ2) is 6.38. The van der Waals surface area contributed by atoms with E-state index in [0.29, 0.717) is 17.0 Å². The molecule has 2 N–H and O–H groups in total. The Labute approximate surface area is 124 Å². The lowest BCUT2D eigenvalue weighted by atomic mass is 9.83. The van der Waals surface area contributed by atoms with Gasteiger partial charge in [-0.3, -0.25) is 0 Å². The molecule has 2 rings (SSSR count). The fourth-order valence-corrected chi connectivity index (χ4v) is 2.52. The zero-order valence-corrected chi connectivity index (χ0v) is 12.3. The third-order valence-electron chi connectivity index (χ3n) is 3.66. The minimum atomic E-state index is -0.448. The van der Waals surface area contributed by atoms with Crippen LogP contribution in [0.15, 0.2) is 48.5 Å². The first-order valence-electron chi connectivity index (χ1n) is 6.79. The number of rotatable bonds is 5. The molecule has 0 aromatic heterocycles. The molecule has 0 aliphatic rings. The number of halogens is 2. The Morgan fingerprint density at radius 1 is 1.10 bits per heavy atom. The van der Waals surface area contributed by atoms with Gasteiger partial charge in [0.25, 0.3) is 0 Å². The van der Waals surface area contributed by atoms with Gasteiger partial charge >= 0.3 is 0 Å². The van der Waals surface area contributed by atoms with Gasteiger partial charge in [-0.25, -0.2) is 4.39 Å². The highest BCUT2D eigenvalue weighted by Gasteiger charge is 2.25. The van der Waals surface area contributed by atoms with Crippen molar-refractivity contribution in [3.05, 3.63) is 70.5 Å². The number of hydrogen-bond donors (Lipinski definition) is 1. The molecule has 0 radical (unpaired) electrons. The Bertz CT molecular complexity index is 570. The fourth-order valence-electron chi connectivity index (χ4n) is 2.36. The largest absolute Gasteiger partial charge is 0.325 e. The molecule has 20 heavy (non-hydrogen) atoms. The summed E-state index contributed by atoms with van der Waals surface area (Å²) < 4.78 is 13.9. The van der Waals surface area contributed by atoms with Crippen LogP contribution in [0.4, 0.5) is 4.39 Å². The molecule has 2 aromatic carbocycles. The minimum absolute atomic E-state index is 0.283. The van der Waals surface area contributed by atoms with E-state index in [2.05, 4.69) is 12.1 Å². The van der Waals surface area contributed by atoms with Crippen LogP contribution in [0.5, 0.6) is 0 Å². The Hall–Kier alpha value is -1.38. The number of hydrogen-bond acceptors (Lipinski definition) is 1. The molecule has 0 saturated heterocycles. The smallest absolute Gasteiger partial charge is 0.127 e. The van der Waals surface area contributed by atoms with Crippen LogP contribution in [-0.4, -0.2) is 5.54 Å². The molecular weight excluding hydrogens is 273 g/mol. The number of nitrogens with two attached hydrogens (primary N) is 1. The summed E-state index contributed by atoms with van der Waals surface area (Å²) in [5.74, 6) is -0.283. The Balaban J connectivity index is 2.18. The predicted molar refractivity (Wildman–Crippen MR) is 82.5 cm³/mol. The second-order valence-electron chi connectivity index (χ2n) is 5.29. The van der Waals surface area contributed by atoms with Crippen molar-refractivity contribution in [2.45, 2.75) is 31.7 Å². The maximum atomic E-state index is 13.9. The minimum Gasteiger partial charge on any atom is -0.325 e. The second-order valence-corrected chi connectivity index (χ2v) is 5.73. The third-order valence-corrected chi connectivity index (χ3v) is 3.90. The Morgan fingerprint density at radius 3 is 2.40 bits per heavy atom. The van der Waals surface area contributed by atoms with Crippen molar-refractivity contribution in [2.24, 2.45) is 5.73 Å². The molecule has 0 fully saturated rings. The molecule has 106 valence electrons. The van der Waals surface area contributed by atoms with E-state index in [1.165, 1.54) is 11.6 Å². The molecule has 0 aliphatic carbocycles. The molecular formula is C17H19ClFN. The molecule has 0 aliphatic heterocycles.